The maximum atomic E-state index is 13.6. The molecular formula is C48H66N4O9. The lowest BCUT2D eigenvalue weighted by Crippen LogP contribution is -2.45. The monoisotopic (exact) mass is 842 g/mol. The van der Waals surface area contributed by atoms with Crippen LogP contribution in [0.2, 0.25) is 0 Å². The molecule has 0 heterocycles. The van der Waals surface area contributed by atoms with Crippen molar-refractivity contribution in [3.8, 4) is 11.1 Å². The minimum atomic E-state index is -1.24. The van der Waals surface area contributed by atoms with Crippen molar-refractivity contribution in [1.82, 2.24) is 16.0 Å². The second-order valence-corrected chi connectivity index (χ2v) is 17.2. The van der Waals surface area contributed by atoms with Crippen molar-refractivity contribution in [3.05, 3.63) is 89.5 Å². The van der Waals surface area contributed by atoms with E-state index in [-0.39, 0.29) is 55.9 Å². The third-order valence-corrected chi connectivity index (χ3v) is 10.5. The zero-order chi connectivity index (χ0) is 44.2. The summed E-state index contributed by atoms with van der Waals surface area (Å²) in [6.45, 7) is 10.2. The minimum Gasteiger partial charge on any atom is -0.450 e. The average molecular weight is 843 g/mol. The lowest BCUT2D eigenvalue weighted by molar-refractivity contribution is -0.125. The van der Waals surface area contributed by atoms with Gasteiger partial charge in [-0.3, -0.25) is 9.59 Å². The lowest BCUT2D eigenvalue weighted by Gasteiger charge is -2.21. The molecule has 0 bridgehead atoms. The van der Waals surface area contributed by atoms with Crippen LogP contribution in [-0.4, -0.2) is 73.2 Å². The molecule has 4 rings (SSSR count). The molecule has 1 aliphatic carbocycles. The number of benzene rings is 3. The zero-order valence-corrected chi connectivity index (χ0v) is 36.6. The molecule has 1 aliphatic rings. The number of carbonyl (C=O) groups is 5. The predicted octanol–water partition coefficient (Wildman–Crippen LogP) is 9.58. The maximum Gasteiger partial charge on any atom is 0.505 e. The highest BCUT2D eigenvalue weighted by atomic mass is 16.7. The van der Waals surface area contributed by atoms with Crippen LogP contribution in [0, 0.1) is 11.8 Å². The van der Waals surface area contributed by atoms with E-state index >= 15 is 0 Å². The highest BCUT2D eigenvalue weighted by Crippen LogP contribution is 2.44. The van der Waals surface area contributed by atoms with Gasteiger partial charge in [0.25, 0.3) is 0 Å². The van der Waals surface area contributed by atoms with Crippen LogP contribution in [-0.2, 0) is 30.2 Å². The molecule has 3 aromatic carbocycles. The van der Waals surface area contributed by atoms with E-state index in [1.165, 1.54) is 0 Å². The first-order chi connectivity index (χ1) is 29.2. The van der Waals surface area contributed by atoms with Gasteiger partial charge in [0.2, 0.25) is 11.8 Å². The van der Waals surface area contributed by atoms with Crippen molar-refractivity contribution in [2.75, 3.05) is 31.6 Å². The number of carboxylic acid groups (broad SMARTS) is 1. The van der Waals surface area contributed by atoms with Crippen LogP contribution >= 0.6 is 0 Å². The first-order valence-corrected chi connectivity index (χ1v) is 21.8. The summed E-state index contributed by atoms with van der Waals surface area (Å²) < 4.78 is 15.6. The van der Waals surface area contributed by atoms with Crippen LogP contribution in [0.3, 0.4) is 0 Å². The van der Waals surface area contributed by atoms with Crippen LogP contribution in [0.5, 0.6) is 0 Å². The number of hydrogen-bond acceptors (Lipinski definition) is 8. The van der Waals surface area contributed by atoms with E-state index in [0.717, 1.165) is 79.2 Å². The highest BCUT2D eigenvalue weighted by molar-refractivity contribution is 5.96. The molecule has 61 heavy (non-hydrogen) atoms. The Labute approximate surface area is 361 Å². The molecule has 0 saturated carbocycles. The van der Waals surface area contributed by atoms with Gasteiger partial charge in [0.1, 0.15) is 18.2 Å². The molecule has 1 unspecified atom stereocenters. The standard InChI is InChI=1S/C48H66N4O9/c1-33(2)30-42(52-46(56)60-32-41-39-21-15-13-19-37(39)38-20-14-16-22-40(38)41)44(54)51-36-25-23-34(24-26-36)31-35(43(53)49-27-28-50-45(55)61-48(3,4)5)18-12-10-8-6-7-9-11-17-29-59-47(57)58/h13-16,19-26,33,35,41-42H,6-12,17-18,27-32H2,1-5H3,(H,49,53)(H,50,55)(H,51,54)(H,52,56)(H,57,58)/t35?,42-/m0/s1. The Morgan fingerprint density at radius 2 is 1.26 bits per heavy atom. The normalized spacial score (nSPS) is 13.0. The van der Waals surface area contributed by atoms with Gasteiger partial charge in [0, 0.05) is 30.6 Å². The van der Waals surface area contributed by atoms with Crippen LogP contribution < -0.4 is 21.3 Å². The van der Waals surface area contributed by atoms with Crippen molar-refractivity contribution in [1.29, 1.82) is 0 Å². The largest absolute Gasteiger partial charge is 0.505 e. The van der Waals surface area contributed by atoms with Gasteiger partial charge < -0.3 is 40.6 Å². The molecule has 0 aliphatic heterocycles. The number of rotatable bonds is 24. The molecule has 4 amide bonds. The van der Waals surface area contributed by atoms with Crippen LogP contribution in [0.25, 0.3) is 11.1 Å². The summed E-state index contributed by atoms with van der Waals surface area (Å²) in [4.78, 5) is 62.7. The molecule has 0 fully saturated rings. The summed E-state index contributed by atoms with van der Waals surface area (Å²) in [5, 5.41) is 20.0. The van der Waals surface area contributed by atoms with E-state index in [1.54, 1.807) is 32.9 Å². The summed E-state index contributed by atoms with van der Waals surface area (Å²) in [6, 6.07) is 22.9. The summed E-state index contributed by atoms with van der Waals surface area (Å²) in [5.74, 6) is -0.710. The molecule has 5 N–H and O–H groups in total. The van der Waals surface area contributed by atoms with Crippen molar-refractivity contribution in [2.24, 2.45) is 11.8 Å². The van der Waals surface area contributed by atoms with Gasteiger partial charge >= 0.3 is 18.3 Å². The number of nitrogens with one attached hydrogen (secondary N) is 4. The number of anilines is 1. The van der Waals surface area contributed by atoms with Crippen molar-refractivity contribution in [3.63, 3.8) is 0 Å². The molecule has 0 aromatic heterocycles. The topological polar surface area (TPSA) is 181 Å². The molecule has 13 heteroatoms. The fraction of sp³-hybridized carbons (Fsp3) is 0.521. The van der Waals surface area contributed by atoms with Crippen molar-refractivity contribution < 1.29 is 43.3 Å². The lowest BCUT2D eigenvalue weighted by atomic mass is 9.92. The van der Waals surface area contributed by atoms with E-state index in [2.05, 4.69) is 50.3 Å². The number of alkyl carbamates (subject to hydrolysis) is 2. The molecule has 2 atom stereocenters. The predicted molar refractivity (Wildman–Crippen MR) is 236 cm³/mol. The number of hydrogen-bond donors (Lipinski definition) is 5. The fourth-order valence-corrected chi connectivity index (χ4v) is 7.57. The minimum absolute atomic E-state index is 0.0946. The quantitative estimate of drug-likeness (QED) is 0.0333. The SMILES string of the molecule is CC(C)C[C@H](NC(=O)OCC1c2ccccc2-c2ccccc21)C(=O)Nc1ccc(CC(CCCCCCCCCCOC(=O)O)C(=O)NCCNC(=O)OC(C)(C)C)cc1. The van der Waals surface area contributed by atoms with Crippen LogP contribution in [0.15, 0.2) is 72.8 Å². The van der Waals surface area contributed by atoms with Crippen LogP contribution in [0.4, 0.5) is 20.1 Å². The highest BCUT2D eigenvalue weighted by Gasteiger charge is 2.30. The fourth-order valence-electron chi connectivity index (χ4n) is 7.57. The Bertz CT molecular complexity index is 1830. The third-order valence-electron chi connectivity index (χ3n) is 10.5. The maximum absolute atomic E-state index is 13.6. The second kappa shape index (κ2) is 24.6. The summed E-state index contributed by atoms with van der Waals surface area (Å²) in [7, 11) is 0. The molecule has 3 aromatic rings. The number of carbonyl (C=O) groups excluding carboxylic acids is 4. The van der Waals surface area contributed by atoms with E-state index < -0.39 is 30.0 Å². The molecular weight excluding hydrogens is 777 g/mol. The summed E-state index contributed by atoms with van der Waals surface area (Å²) >= 11 is 0. The molecule has 13 nitrogen and oxygen atoms in total. The Hall–Kier alpha value is -5.59. The Morgan fingerprint density at radius 1 is 0.689 bits per heavy atom. The zero-order valence-electron chi connectivity index (χ0n) is 36.6. The van der Waals surface area contributed by atoms with Gasteiger partial charge in [-0.25, -0.2) is 14.4 Å². The Morgan fingerprint density at radius 3 is 1.85 bits per heavy atom. The smallest absolute Gasteiger partial charge is 0.450 e. The van der Waals surface area contributed by atoms with E-state index in [0.29, 0.717) is 24.9 Å². The summed E-state index contributed by atoms with van der Waals surface area (Å²) in [5.41, 5.74) is 5.38. The molecule has 0 radical (unpaired) electrons. The number of fused-ring (bicyclic) bond motifs is 3. The van der Waals surface area contributed by atoms with Crippen molar-refractivity contribution >= 4 is 35.8 Å². The van der Waals surface area contributed by atoms with E-state index in [1.807, 2.05) is 50.2 Å². The van der Waals surface area contributed by atoms with Gasteiger partial charge in [-0.15, -0.1) is 0 Å². The Balaban J connectivity index is 1.28. The second-order valence-electron chi connectivity index (χ2n) is 17.2. The number of amides is 4. The summed E-state index contributed by atoms with van der Waals surface area (Å²) in [6.07, 6.45) is 6.90. The van der Waals surface area contributed by atoms with Gasteiger partial charge in [-0.05, 0) is 92.3 Å². The van der Waals surface area contributed by atoms with Crippen molar-refractivity contribution in [2.45, 2.75) is 123 Å². The average Bonchev–Trinajstić information content (AvgIpc) is 3.53. The first-order valence-electron chi connectivity index (χ1n) is 21.8. The number of unbranched alkanes of at least 4 members (excludes halogenated alkanes) is 7. The molecule has 332 valence electrons. The van der Waals surface area contributed by atoms with E-state index in [9.17, 15) is 24.0 Å². The Kier molecular flexibility index (Phi) is 19.4. The number of ether oxygens (including phenoxy) is 3. The van der Waals surface area contributed by atoms with Crippen LogP contribution in [0.1, 0.15) is 121 Å². The van der Waals surface area contributed by atoms with Gasteiger partial charge in [-0.2, -0.15) is 0 Å². The first kappa shape index (κ1) is 48.1. The van der Waals surface area contributed by atoms with Gasteiger partial charge in [0.05, 0.1) is 6.61 Å². The van der Waals surface area contributed by atoms with Gasteiger partial charge in [0.15, 0.2) is 0 Å². The molecule has 0 saturated heterocycles. The van der Waals surface area contributed by atoms with Gasteiger partial charge in [-0.1, -0.05) is 119 Å². The molecule has 0 spiro atoms. The van der Waals surface area contributed by atoms with E-state index in [4.69, 9.17) is 14.6 Å². The third kappa shape index (κ3) is 17.1.